The number of nitrogens with zero attached hydrogens (tertiary/aromatic N) is 3. The Balaban J connectivity index is 1.61. The number of carbonyl (C=O) groups excluding carboxylic acids is 3. The molecule has 0 saturated carbocycles. The molecule has 0 spiro atoms. The van der Waals surface area contributed by atoms with Gasteiger partial charge in [-0.05, 0) is 29.2 Å². The Morgan fingerprint density at radius 2 is 1.77 bits per heavy atom. The van der Waals surface area contributed by atoms with Crippen molar-refractivity contribution in [2.75, 3.05) is 20.1 Å². The number of fused-ring (bicyclic) bond motifs is 1. The fourth-order valence-corrected chi connectivity index (χ4v) is 5.30. The molecule has 4 rings (SSSR count). The van der Waals surface area contributed by atoms with Crippen LogP contribution in [0.3, 0.4) is 0 Å². The second-order valence-electron chi connectivity index (χ2n) is 9.62. The van der Waals surface area contributed by atoms with Crippen LogP contribution in [0.2, 0.25) is 0 Å². The van der Waals surface area contributed by atoms with Crippen molar-refractivity contribution in [1.82, 2.24) is 20.2 Å². The highest BCUT2D eigenvalue weighted by atomic mass is 19.1. The van der Waals surface area contributed by atoms with E-state index in [1.54, 1.807) is 34.1 Å². The maximum Gasteiger partial charge on any atom is 0.332 e. The van der Waals surface area contributed by atoms with Crippen LogP contribution in [0.5, 0.6) is 0 Å². The van der Waals surface area contributed by atoms with Crippen molar-refractivity contribution in [3.63, 3.8) is 0 Å². The fraction of sp³-hybridized carbons (Fsp3) is 0.444. The van der Waals surface area contributed by atoms with Gasteiger partial charge in [0.25, 0.3) is 0 Å². The van der Waals surface area contributed by atoms with Gasteiger partial charge in [0.1, 0.15) is 5.82 Å². The van der Waals surface area contributed by atoms with Crippen molar-refractivity contribution in [3.8, 4) is 0 Å². The van der Waals surface area contributed by atoms with Gasteiger partial charge in [0.2, 0.25) is 5.91 Å². The number of likely N-dealkylation sites (N-methyl/N-ethyl adjacent to an activating group) is 1. The van der Waals surface area contributed by atoms with Crippen LogP contribution in [0.25, 0.3) is 0 Å². The zero-order chi connectivity index (χ0) is 25.1. The summed E-state index contributed by atoms with van der Waals surface area (Å²) in [6.07, 6.45) is 0.763. The van der Waals surface area contributed by atoms with Gasteiger partial charge in [-0.25, -0.2) is 14.2 Å². The largest absolute Gasteiger partial charge is 0.336 e. The molecule has 8 heteroatoms. The zero-order valence-electron chi connectivity index (χ0n) is 20.5. The minimum Gasteiger partial charge on any atom is -0.336 e. The number of rotatable bonds is 6. The van der Waals surface area contributed by atoms with Crippen molar-refractivity contribution in [3.05, 3.63) is 71.5 Å². The number of piperidine rings is 1. The number of ketones is 1. The van der Waals surface area contributed by atoms with Crippen LogP contribution in [0.15, 0.2) is 54.6 Å². The molecular weight excluding hydrogens is 447 g/mol. The molecule has 0 bridgehead atoms. The maximum absolute atomic E-state index is 13.6. The lowest BCUT2D eigenvalue weighted by Crippen LogP contribution is -2.71. The standard InChI is InChI=1S/C27H33FN4O3/c1-4-18(2)24-25-22(16-31(26(24)34)15-20-8-6-5-7-9-20)32(30(3)17-23(25)33)27(35)29-14-19-10-12-21(28)13-11-19/h5-13,18,22,24-25H,4,14-17H2,1-3H3,(H,29,35)/t18?,22-,24+,25?/m0/s1. The Kier molecular flexibility index (Phi) is 7.50. The molecule has 0 radical (unpaired) electrons. The first-order valence-corrected chi connectivity index (χ1v) is 12.2. The quantitative estimate of drug-likeness (QED) is 0.687. The highest BCUT2D eigenvalue weighted by Crippen LogP contribution is 2.38. The minimum atomic E-state index is -0.544. The highest BCUT2D eigenvalue weighted by molar-refractivity contribution is 5.93. The smallest absolute Gasteiger partial charge is 0.332 e. The van der Waals surface area contributed by atoms with E-state index in [0.717, 1.165) is 17.5 Å². The number of likely N-dealkylation sites (tertiary alicyclic amines) is 1. The van der Waals surface area contributed by atoms with Gasteiger partial charge in [-0.2, -0.15) is 0 Å². The first-order valence-electron chi connectivity index (χ1n) is 12.2. The lowest BCUT2D eigenvalue weighted by atomic mass is 9.70. The average molecular weight is 481 g/mol. The van der Waals surface area contributed by atoms with Crippen molar-refractivity contribution in [2.45, 2.75) is 39.4 Å². The molecule has 2 aromatic carbocycles. The normalized spacial score (nSPS) is 23.7. The maximum atomic E-state index is 13.6. The fourth-order valence-electron chi connectivity index (χ4n) is 5.30. The third-order valence-corrected chi connectivity index (χ3v) is 7.28. The molecule has 2 aliphatic heterocycles. The Bertz CT molecular complexity index is 1060. The summed E-state index contributed by atoms with van der Waals surface area (Å²) in [5, 5.41) is 6.16. The van der Waals surface area contributed by atoms with Crippen LogP contribution in [-0.4, -0.2) is 58.8 Å². The van der Waals surface area contributed by atoms with Crippen molar-refractivity contribution in [2.24, 2.45) is 17.8 Å². The van der Waals surface area contributed by atoms with E-state index in [0.29, 0.717) is 6.54 Å². The molecule has 2 aromatic rings. The number of hydrogen-bond donors (Lipinski definition) is 1. The van der Waals surface area contributed by atoms with E-state index in [4.69, 9.17) is 0 Å². The Morgan fingerprint density at radius 3 is 2.43 bits per heavy atom. The number of halogens is 1. The molecule has 2 fully saturated rings. The number of urea groups is 1. The van der Waals surface area contributed by atoms with Gasteiger partial charge in [-0.1, -0.05) is 62.7 Å². The second-order valence-corrected chi connectivity index (χ2v) is 9.62. The van der Waals surface area contributed by atoms with Crippen molar-refractivity contribution >= 4 is 17.7 Å². The minimum absolute atomic E-state index is 0.00176. The van der Waals surface area contributed by atoms with Gasteiger partial charge < -0.3 is 10.2 Å². The SMILES string of the molecule is CCC(C)[C@H]1C(=O)N(Cc2ccccc2)C[C@H]2C1C(=O)CN(C)N2C(=O)NCc1ccc(F)cc1. The molecule has 0 aromatic heterocycles. The Labute approximate surface area is 205 Å². The van der Waals surface area contributed by atoms with E-state index in [1.165, 1.54) is 12.1 Å². The summed E-state index contributed by atoms with van der Waals surface area (Å²) in [5.41, 5.74) is 1.78. The molecule has 2 aliphatic rings. The van der Waals surface area contributed by atoms with Crippen LogP contribution in [-0.2, 0) is 22.7 Å². The summed E-state index contributed by atoms with van der Waals surface area (Å²) >= 11 is 0. The van der Waals surface area contributed by atoms with Gasteiger partial charge in [0, 0.05) is 26.7 Å². The first kappa shape index (κ1) is 24.9. The summed E-state index contributed by atoms with van der Waals surface area (Å²) in [4.78, 5) is 42.1. The van der Waals surface area contributed by atoms with E-state index in [-0.39, 0.29) is 49.1 Å². The van der Waals surface area contributed by atoms with Gasteiger partial charge in [0.15, 0.2) is 5.78 Å². The monoisotopic (exact) mass is 480 g/mol. The number of Topliss-reactive ketones (excluding diaryl/α,β-unsaturated/α-hetero) is 1. The third kappa shape index (κ3) is 5.22. The van der Waals surface area contributed by atoms with Gasteiger partial charge in [-0.15, -0.1) is 0 Å². The average Bonchev–Trinajstić information content (AvgIpc) is 2.84. The van der Waals surface area contributed by atoms with E-state index >= 15 is 0 Å². The van der Waals surface area contributed by atoms with Crippen molar-refractivity contribution < 1.29 is 18.8 Å². The van der Waals surface area contributed by atoms with Gasteiger partial charge in [0.05, 0.1) is 24.4 Å². The van der Waals surface area contributed by atoms with Crippen LogP contribution >= 0.6 is 0 Å². The van der Waals surface area contributed by atoms with Crippen LogP contribution in [0.1, 0.15) is 31.4 Å². The molecule has 7 nitrogen and oxygen atoms in total. The van der Waals surface area contributed by atoms with E-state index in [1.807, 2.05) is 44.2 Å². The van der Waals surface area contributed by atoms with E-state index in [2.05, 4.69) is 5.32 Å². The van der Waals surface area contributed by atoms with Crippen LogP contribution in [0.4, 0.5) is 9.18 Å². The summed E-state index contributed by atoms with van der Waals surface area (Å²) < 4.78 is 13.2. The van der Waals surface area contributed by atoms with Gasteiger partial charge in [-0.3, -0.25) is 14.6 Å². The summed E-state index contributed by atoms with van der Waals surface area (Å²) in [6.45, 7) is 5.05. The summed E-state index contributed by atoms with van der Waals surface area (Å²) in [5.74, 6) is -1.37. The number of hydrazine groups is 1. The topological polar surface area (TPSA) is 73.0 Å². The molecule has 3 amide bonds. The summed E-state index contributed by atoms with van der Waals surface area (Å²) in [6, 6.07) is 14.9. The molecule has 186 valence electrons. The summed E-state index contributed by atoms with van der Waals surface area (Å²) in [7, 11) is 1.72. The van der Waals surface area contributed by atoms with E-state index in [9.17, 15) is 18.8 Å². The number of amides is 3. The molecule has 4 atom stereocenters. The molecule has 2 heterocycles. The number of hydrogen-bond acceptors (Lipinski definition) is 4. The molecule has 35 heavy (non-hydrogen) atoms. The molecule has 0 aliphatic carbocycles. The lowest BCUT2D eigenvalue weighted by Gasteiger charge is -2.53. The van der Waals surface area contributed by atoms with E-state index < -0.39 is 17.9 Å². The van der Waals surface area contributed by atoms with Gasteiger partial charge >= 0.3 is 6.03 Å². The predicted octanol–water partition coefficient (Wildman–Crippen LogP) is 3.46. The molecule has 2 saturated heterocycles. The number of nitrogens with one attached hydrogen (secondary N) is 1. The lowest BCUT2D eigenvalue weighted by molar-refractivity contribution is -0.169. The Morgan fingerprint density at radius 1 is 1.09 bits per heavy atom. The zero-order valence-corrected chi connectivity index (χ0v) is 20.5. The predicted molar refractivity (Wildman–Crippen MR) is 130 cm³/mol. The molecular formula is C27H33FN4O3. The number of benzene rings is 2. The van der Waals surface area contributed by atoms with Crippen LogP contribution < -0.4 is 5.32 Å². The molecule has 1 N–H and O–H groups in total. The second kappa shape index (κ2) is 10.6. The number of carbonyl (C=O) groups is 3. The Hall–Kier alpha value is -3.26. The third-order valence-electron chi connectivity index (χ3n) is 7.28. The van der Waals surface area contributed by atoms with Crippen LogP contribution in [0, 0.1) is 23.6 Å². The highest BCUT2D eigenvalue weighted by Gasteiger charge is 2.54. The van der Waals surface area contributed by atoms with Crippen molar-refractivity contribution in [1.29, 1.82) is 0 Å². The first-order chi connectivity index (χ1) is 16.8. The molecule has 2 unspecified atom stereocenters.